The molecule has 114 valence electrons. The molecule has 4 heteroatoms. The van der Waals surface area contributed by atoms with Crippen LogP contribution in [0.2, 0.25) is 0 Å². The van der Waals surface area contributed by atoms with E-state index in [4.69, 9.17) is 5.11 Å². The number of carboxylic acid groups (broad SMARTS) is 1. The summed E-state index contributed by atoms with van der Waals surface area (Å²) in [5.41, 5.74) is 1.02. The van der Waals surface area contributed by atoms with Gasteiger partial charge in [0.2, 0.25) is 5.91 Å². The molecule has 0 spiro atoms. The molecule has 1 fully saturated rings. The first-order valence-electron chi connectivity index (χ1n) is 7.63. The molecule has 0 aliphatic heterocycles. The van der Waals surface area contributed by atoms with Gasteiger partial charge in [0.25, 0.3) is 0 Å². The molecule has 1 saturated carbocycles. The number of carbonyl (C=O) groups excluding carboxylic acids is 1. The maximum atomic E-state index is 12.2. The second kappa shape index (κ2) is 7.25. The zero-order valence-electron chi connectivity index (χ0n) is 12.5. The van der Waals surface area contributed by atoms with Crippen LogP contribution in [0, 0.1) is 5.92 Å². The fourth-order valence-electron chi connectivity index (χ4n) is 3.06. The van der Waals surface area contributed by atoms with Crippen molar-refractivity contribution in [2.24, 2.45) is 5.92 Å². The number of hydrogen-bond donors (Lipinski definition) is 1. The summed E-state index contributed by atoms with van der Waals surface area (Å²) >= 11 is 0. The fourth-order valence-corrected chi connectivity index (χ4v) is 3.06. The minimum Gasteiger partial charge on any atom is -0.478 e. The molecule has 0 atom stereocenters. The fraction of sp³-hybridized carbons (Fsp3) is 0.529. The van der Waals surface area contributed by atoms with E-state index in [-0.39, 0.29) is 5.91 Å². The van der Waals surface area contributed by atoms with Crippen molar-refractivity contribution in [3.63, 3.8) is 0 Å². The third-order valence-electron chi connectivity index (χ3n) is 4.29. The van der Waals surface area contributed by atoms with Gasteiger partial charge in [0, 0.05) is 20.0 Å². The Morgan fingerprint density at radius 1 is 1.24 bits per heavy atom. The highest BCUT2D eigenvalue weighted by Crippen LogP contribution is 2.25. The normalized spacial score (nSPS) is 15.1. The largest absolute Gasteiger partial charge is 0.478 e. The zero-order valence-corrected chi connectivity index (χ0v) is 12.5. The van der Waals surface area contributed by atoms with E-state index in [1.54, 1.807) is 23.1 Å². The highest BCUT2D eigenvalue weighted by atomic mass is 16.4. The summed E-state index contributed by atoms with van der Waals surface area (Å²) in [7, 11) is 1.85. The molecule has 1 aromatic carbocycles. The van der Waals surface area contributed by atoms with Gasteiger partial charge < -0.3 is 10.0 Å². The number of aryl methyl sites for hydroxylation is 1. The van der Waals surface area contributed by atoms with Gasteiger partial charge in [-0.1, -0.05) is 31.0 Å². The summed E-state index contributed by atoms with van der Waals surface area (Å²) < 4.78 is 0. The lowest BCUT2D eigenvalue weighted by Crippen LogP contribution is -2.31. The molecule has 1 aromatic rings. The predicted octanol–water partition coefficient (Wildman–Crippen LogP) is 2.97. The Labute approximate surface area is 125 Å². The summed E-state index contributed by atoms with van der Waals surface area (Å²) in [4.78, 5) is 25.1. The average Bonchev–Trinajstić information content (AvgIpc) is 2.97. The van der Waals surface area contributed by atoms with Gasteiger partial charge in [-0.25, -0.2) is 4.79 Å². The van der Waals surface area contributed by atoms with Gasteiger partial charge in [0.05, 0.1) is 5.56 Å². The number of aromatic carboxylic acids is 1. The number of carboxylic acids is 1. The van der Waals surface area contributed by atoms with Crippen LogP contribution < -0.4 is 0 Å². The van der Waals surface area contributed by atoms with Gasteiger partial charge in [-0.2, -0.15) is 0 Å². The van der Waals surface area contributed by atoms with Crippen LogP contribution in [0.5, 0.6) is 0 Å². The van der Waals surface area contributed by atoms with E-state index in [0.717, 1.165) is 12.1 Å². The van der Waals surface area contributed by atoms with Crippen LogP contribution in [0.1, 0.15) is 48.0 Å². The molecule has 1 amide bonds. The molecule has 0 unspecified atom stereocenters. The minimum atomic E-state index is -0.933. The Morgan fingerprint density at radius 2 is 1.90 bits per heavy atom. The van der Waals surface area contributed by atoms with Crippen LogP contribution >= 0.6 is 0 Å². The molecule has 0 aromatic heterocycles. The van der Waals surface area contributed by atoms with Crippen LogP contribution in [-0.4, -0.2) is 35.5 Å². The van der Waals surface area contributed by atoms with E-state index in [2.05, 4.69) is 0 Å². The van der Waals surface area contributed by atoms with Crippen molar-refractivity contribution in [2.75, 3.05) is 13.6 Å². The van der Waals surface area contributed by atoms with Crippen molar-refractivity contribution in [1.29, 1.82) is 0 Å². The van der Waals surface area contributed by atoms with E-state index in [1.807, 2.05) is 13.1 Å². The van der Waals surface area contributed by atoms with Crippen LogP contribution in [0.4, 0.5) is 0 Å². The summed E-state index contributed by atoms with van der Waals surface area (Å²) in [6.45, 7) is 0.833. The molecular formula is C17H23NO3. The summed E-state index contributed by atoms with van der Waals surface area (Å²) in [5, 5.41) is 9.13. The Hall–Kier alpha value is -1.84. The van der Waals surface area contributed by atoms with Gasteiger partial charge in [0.15, 0.2) is 0 Å². The number of hydrogen-bond acceptors (Lipinski definition) is 2. The first-order chi connectivity index (χ1) is 10.1. The third kappa shape index (κ3) is 4.31. The molecular weight excluding hydrogens is 266 g/mol. The Balaban J connectivity index is 1.87. The smallest absolute Gasteiger partial charge is 0.335 e. The molecule has 0 heterocycles. The first kappa shape index (κ1) is 15.5. The Morgan fingerprint density at radius 3 is 2.57 bits per heavy atom. The zero-order chi connectivity index (χ0) is 15.2. The van der Waals surface area contributed by atoms with Gasteiger partial charge in [0.1, 0.15) is 0 Å². The maximum absolute atomic E-state index is 12.2. The van der Waals surface area contributed by atoms with Gasteiger partial charge in [-0.15, -0.1) is 0 Å². The van der Waals surface area contributed by atoms with Crippen molar-refractivity contribution < 1.29 is 14.7 Å². The predicted molar refractivity (Wildman–Crippen MR) is 81.3 cm³/mol. The summed E-state index contributed by atoms with van der Waals surface area (Å²) in [5.74, 6) is -0.190. The number of rotatable bonds is 6. The Kier molecular flexibility index (Phi) is 5.37. The van der Waals surface area contributed by atoms with E-state index in [1.165, 1.54) is 25.7 Å². The SMILES string of the molecule is CN(CC1CCCC1)C(=O)CCc1ccccc1C(=O)O. The lowest BCUT2D eigenvalue weighted by molar-refractivity contribution is -0.130. The summed E-state index contributed by atoms with van der Waals surface area (Å²) in [6, 6.07) is 6.90. The molecule has 1 N–H and O–H groups in total. The van der Waals surface area contributed by atoms with Crippen molar-refractivity contribution in [3.8, 4) is 0 Å². The van der Waals surface area contributed by atoms with E-state index in [9.17, 15) is 9.59 Å². The van der Waals surface area contributed by atoms with Gasteiger partial charge in [-0.3, -0.25) is 4.79 Å². The van der Waals surface area contributed by atoms with E-state index >= 15 is 0 Å². The second-order valence-corrected chi connectivity index (χ2v) is 5.89. The van der Waals surface area contributed by atoms with Gasteiger partial charge >= 0.3 is 5.97 Å². The van der Waals surface area contributed by atoms with E-state index < -0.39 is 5.97 Å². The summed E-state index contributed by atoms with van der Waals surface area (Å²) in [6.07, 6.45) is 5.85. The van der Waals surface area contributed by atoms with Crippen molar-refractivity contribution in [3.05, 3.63) is 35.4 Å². The van der Waals surface area contributed by atoms with E-state index in [0.29, 0.717) is 24.3 Å². The lowest BCUT2D eigenvalue weighted by Gasteiger charge is -2.21. The highest BCUT2D eigenvalue weighted by molar-refractivity contribution is 5.89. The molecule has 0 radical (unpaired) electrons. The minimum absolute atomic E-state index is 0.0992. The van der Waals surface area contributed by atoms with Crippen LogP contribution in [0.15, 0.2) is 24.3 Å². The Bertz CT molecular complexity index is 507. The topological polar surface area (TPSA) is 57.6 Å². The molecule has 4 nitrogen and oxygen atoms in total. The number of benzene rings is 1. The van der Waals surface area contributed by atoms with Crippen molar-refractivity contribution in [2.45, 2.75) is 38.5 Å². The van der Waals surface area contributed by atoms with Crippen LogP contribution in [-0.2, 0) is 11.2 Å². The number of amides is 1. The molecule has 2 rings (SSSR count). The number of carbonyl (C=O) groups is 2. The monoisotopic (exact) mass is 289 g/mol. The highest BCUT2D eigenvalue weighted by Gasteiger charge is 2.19. The quantitative estimate of drug-likeness (QED) is 0.876. The van der Waals surface area contributed by atoms with Crippen molar-refractivity contribution in [1.82, 2.24) is 4.90 Å². The third-order valence-corrected chi connectivity index (χ3v) is 4.29. The standard InChI is InChI=1S/C17H23NO3/c1-18(12-13-6-2-3-7-13)16(19)11-10-14-8-4-5-9-15(14)17(20)21/h4-5,8-9,13H,2-3,6-7,10-12H2,1H3,(H,20,21). The van der Waals surface area contributed by atoms with Crippen molar-refractivity contribution >= 4 is 11.9 Å². The lowest BCUT2D eigenvalue weighted by atomic mass is 10.0. The molecule has 1 aliphatic carbocycles. The molecule has 0 saturated heterocycles. The first-order valence-corrected chi connectivity index (χ1v) is 7.63. The second-order valence-electron chi connectivity index (χ2n) is 5.89. The molecule has 21 heavy (non-hydrogen) atoms. The van der Waals surface area contributed by atoms with Crippen LogP contribution in [0.25, 0.3) is 0 Å². The average molecular weight is 289 g/mol. The molecule has 0 bridgehead atoms. The molecule has 1 aliphatic rings. The number of nitrogens with zero attached hydrogens (tertiary/aromatic N) is 1. The van der Waals surface area contributed by atoms with Crippen LogP contribution in [0.3, 0.4) is 0 Å². The van der Waals surface area contributed by atoms with Gasteiger partial charge in [-0.05, 0) is 36.8 Å². The maximum Gasteiger partial charge on any atom is 0.335 e.